The third kappa shape index (κ3) is 2.35. The monoisotopic (exact) mass is 243 g/mol. The van der Waals surface area contributed by atoms with Gasteiger partial charge in [0.25, 0.3) is 0 Å². The average molecular weight is 243 g/mol. The zero-order valence-corrected chi connectivity index (χ0v) is 10.7. The normalized spacial score (nSPS) is 14.3. The third-order valence-electron chi connectivity index (χ3n) is 3.56. The fourth-order valence-corrected chi connectivity index (χ4v) is 2.04. The second-order valence-corrected chi connectivity index (χ2v) is 4.93. The van der Waals surface area contributed by atoms with E-state index in [0.29, 0.717) is 12.8 Å². The zero-order chi connectivity index (χ0) is 13.2. The molecule has 94 valence electrons. The number of pyridine rings is 1. The van der Waals surface area contributed by atoms with Crippen molar-refractivity contribution in [1.82, 2.24) is 4.98 Å². The summed E-state index contributed by atoms with van der Waals surface area (Å²) in [6.07, 6.45) is 2.92. The first-order valence-electron chi connectivity index (χ1n) is 6.12. The van der Waals surface area contributed by atoms with Crippen LogP contribution in [0.25, 0.3) is 10.9 Å². The van der Waals surface area contributed by atoms with Crippen LogP contribution in [0.1, 0.15) is 25.8 Å². The molecule has 1 unspecified atom stereocenters. The van der Waals surface area contributed by atoms with E-state index in [4.69, 9.17) is 0 Å². The van der Waals surface area contributed by atoms with E-state index < -0.39 is 11.4 Å². The van der Waals surface area contributed by atoms with Crippen molar-refractivity contribution in [2.75, 3.05) is 0 Å². The fourth-order valence-electron chi connectivity index (χ4n) is 2.04. The number of nitrogens with zero attached hydrogens (tertiary/aromatic N) is 1. The van der Waals surface area contributed by atoms with Crippen molar-refractivity contribution in [3.8, 4) is 0 Å². The van der Waals surface area contributed by atoms with Gasteiger partial charge in [-0.2, -0.15) is 0 Å². The van der Waals surface area contributed by atoms with Gasteiger partial charge in [-0.15, -0.1) is 0 Å². The second-order valence-electron chi connectivity index (χ2n) is 4.93. The van der Waals surface area contributed by atoms with Crippen molar-refractivity contribution in [3.05, 3.63) is 42.1 Å². The topological polar surface area (TPSA) is 50.2 Å². The van der Waals surface area contributed by atoms with Crippen LogP contribution >= 0.6 is 0 Å². The molecule has 0 saturated carbocycles. The van der Waals surface area contributed by atoms with Crippen LogP contribution in [-0.2, 0) is 11.2 Å². The van der Waals surface area contributed by atoms with Crippen molar-refractivity contribution in [1.29, 1.82) is 0 Å². The van der Waals surface area contributed by atoms with E-state index in [9.17, 15) is 9.90 Å². The Kier molecular flexibility index (Phi) is 3.32. The van der Waals surface area contributed by atoms with Gasteiger partial charge in [-0.25, -0.2) is 0 Å². The lowest BCUT2D eigenvalue weighted by molar-refractivity contribution is -0.148. The number of aromatic nitrogens is 1. The zero-order valence-electron chi connectivity index (χ0n) is 10.7. The maximum absolute atomic E-state index is 11.3. The SMILES string of the molecule is CCC(C)(Cc1ccc2ncccc2c1)C(=O)O. The van der Waals surface area contributed by atoms with Gasteiger partial charge in [0.15, 0.2) is 0 Å². The van der Waals surface area contributed by atoms with E-state index in [1.165, 1.54) is 0 Å². The van der Waals surface area contributed by atoms with Crippen molar-refractivity contribution in [2.24, 2.45) is 5.41 Å². The highest BCUT2D eigenvalue weighted by atomic mass is 16.4. The molecular formula is C15H17NO2. The molecule has 0 aliphatic heterocycles. The predicted octanol–water partition coefficient (Wildman–Crippen LogP) is 3.28. The van der Waals surface area contributed by atoms with Crippen LogP contribution in [-0.4, -0.2) is 16.1 Å². The van der Waals surface area contributed by atoms with E-state index in [1.807, 2.05) is 37.3 Å². The Hall–Kier alpha value is -1.90. The fraction of sp³-hybridized carbons (Fsp3) is 0.333. The molecule has 0 spiro atoms. The van der Waals surface area contributed by atoms with Crippen LogP contribution in [0.5, 0.6) is 0 Å². The quantitative estimate of drug-likeness (QED) is 0.896. The van der Waals surface area contributed by atoms with Crippen molar-refractivity contribution >= 4 is 16.9 Å². The van der Waals surface area contributed by atoms with Crippen LogP contribution in [0.2, 0.25) is 0 Å². The molecule has 0 aliphatic rings. The van der Waals surface area contributed by atoms with Crippen molar-refractivity contribution in [2.45, 2.75) is 26.7 Å². The van der Waals surface area contributed by atoms with E-state index in [1.54, 1.807) is 13.1 Å². The van der Waals surface area contributed by atoms with Gasteiger partial charge in [-0.05, 0) is 43.5 Å². The second kappa shape index (κ2) is 4.77. The van der Waals surface area contributed by atoms with Crippen LogP contribution in [0.15, 0.2) is 36.5 Å². The molecule has 1 aromatic carbocycles. The van der Waals surface area contributed by atoms with Gasteiger partial charge >= 0.3 is 5.97 Å². The molecule has 0 saturated heterocycles. The number of hydrogen-bond acceptors (Lipinski definition) is 2. The Morgan fingerprint density at radius 2 is 2.17 bits per heavy atom. The molecule has 0 fully saturated rings. The number of carbonyl (C=O) groups is 1. The maximum atomic E-state index is 11.3. The molecule has 3 nitrogen and oxygen atoms in total. The van der Waals surface area contributed by atoms with Crippen LogP contribution in [0.3, 0.4) is 0 Å². The van der Waals surface area contributed by atoms with Gasteiger partial charge in [0.05, 0.1) is 10.9 Å². The van der Waals surface area contributed by atoms with Gasteiger partial charge in [0.1, 0.15) is 0 Å². The summed E-state index contributed by atoms with van der Waals surface area (Å²) in [6, 6.07) is 9.83. The number of fused-ring (bicyclic) bond motifs is 1. The molecule has 1 N–H and O–H groups in total. The largest absolute Gasteiger partial charge is 0.481 e. The third-order valence-corrected chi connectivity index (χ3v) is 3.56. The summed E-state index contributed by atoms with van der Waals surface area (Å²) in [5.41, 5.74) is 1.28. The summed E-state index contributed by atoms with van der Waals surface area (Å²) >= 11 is 0. The predicted molar refractivity (Wildman–Crippen MR) is 71.5 cm³/mol. The minimum atomic E-state index is -0.740. The molecule has 0 bridgehead atoms. The number of carboxylic acid groups (broad SMARTS) is 1. The molecule has 0 amide bonds. The summed E-state index contributed by atoms with van der Waals surface area (Å²) in [5.74, 6) is -0.740. The molecule has 0 aliphatic carbocycles. The Labute approximate surface area is 106 Å². The molecule has 18 heavy (non-hydrogen) atoms. The van der Waals surface area contributed by atoms with Crippen molar-refractivity contribution in [3.63, 3.8) is 0 Å². The highest BCUT2D eigenvalue weighted by molar-refractivity contribution is 5.79. The molecule has 1 aromatic heterocycles. The van der Waals surface area contributed by atoms with Crippen molar-refractivity contribution < 1.29 is 9.90 Å². The molecule has 3 heteroatoms. The summed E-state index contributed by atoms with van der Waals surface area (Å²) < 4.78 is 0. The lowest BCUT2D eigenvalue weighted by Crippen LogP contribution is -2.29. The van der Waals surface area contributed by atoms with E-state index in [2.05, 4.69) is 4.98 Å². The number of carboxylic acids is 1. The lowest BCUT2D eigenvalue weighted by Gasteiger charge is -2.23. The molecule has 1 atom stereocenters. The van der Waals surface area contributed by atoms with Gasteiger partial charge in [0.2, 0.25) is 0 Å². The van der Waals surface area contributed by atoms with Gasteiger partial charge in [-0.1, -0.05) is 19.1 Å². The van der Waals surface area contributed by atoms with Gasteiger partial charge in [-0.3, -0.25) is 9.78 Å². The Morgan fingerprint density at radius 1 is 1.39 bits per heavy atom. The number of rotatable bonds is 4. The smallest absolute Gasteiger partial charge is 0.309 e. The molecular weight excluding hydrogens is 226 g/mol. The Balaban J connectivity index is 2.34. The van der Waals surface area contributed by atoms with Crippen LogP contribution < -0.4 is 0 Å². The highest BCUT2D eigenvalue weighted by Crippen LogP contribution is 2.28. The first-order chi connectivity index (χ1) is 8.55. The maximum Gasteiger partial charge on any atom is 0.309 e. The molecule has 2 aromatic rings. The summed E-state index contributed by atoms with van der Waals surface area (Å²) in [5, 5.41) is 10.3. The van der Waals surface area contributed by atoms with E-state index in [-0.39, 0.29) is 0 Å². The minimum Gasteiger partial charge on any atom is -0.481 e. The Bertz CT molecular complexity index is 579. The summed E-state index contributed by atoms with van der Waals surface area (Å²) in [6.45, 7) is 3.71. The average Bonchev–Trinajstić information content (AvgIpc) is 2.38. The highest BCUT2D eigenvalue weighted by Gasteiger charge is 2.31. The molecule has 0 radical (unpaired) electrons. The number of aliphatic carboxylic acids is 1. The molecule has 1 heterocycles. The lowest BCUT2D eigenvalue weighted by atomic mass is 9.81. The summed E-state index contributed by atoms with van der Waals surface area (Å²) in [7, 11) is 0. The first-order valence-corrected chi connectivity index (χ1v) is 6.12. The van der Waals surface area contributed by atoms with Crippen LogP contribution in [0, 0.1) is 5.41 Å². The Morgan fingerprint density at radius 3 is 2.83 bits per heavy atom. The van der Waals surface area contributed by atoms with E-state index in [0.717, 1.165) is 16.5 Å². The molecule has 2 rings (SSSR count). The van der Waals surface area contributed by atoms with Gasteiger partial charge in [0, 0.05) is 11.6 Å². The first kappa shape index (κ1) is 12.6. The van der Waals surface area contributed by atoms with Crippen LogP contribution in [0.4, 0.5) is 0 Å². The number of benzene rings is 1. The standard InChI is InChI=1S/C15H17NO2/c1-3-15(2,14(17)18)10-11-6-7-13-12(9-11)5-4-8-16-13/h4-9H,3,10H2,1-2H3,(H,17,18). The summed E-state index contributed by atoms with van der Waals surface area (Å²) in [4.78, 5) is 15.6. The number of hydrogen-bond donors (Lipinski definition) is 1. The van der Waals surface area contributed by atoms with E-state index >= 15 is 0 Å². The minimum absolute atomic E-state index is 0.545. The van der Waals surface area contributed by atoms with Gasteiger partial charge < -0.3 is 5.11 Å².